The molecule has 1 heterocycles. The van der Waals surface area contributed by atoms with Gasteiger partial charge in [0.05, 0.1) is 14.0 Å². The van der Waals surface area contributed by atoms with Crippen molar-refractivity contribution in [1.29, 1.82) is 0 Å². The Hall–Kier alpha value is -0.773. The number of hydrogen-bond acceptors (Lipinski definition) is 1. The van der Waals surface area contributed by atoms with Crippen LogP contribution in [-0.4, -0.2) is 25.4 Å². The number of nitrogens with one attached hydrogen (secondary N) is 1. The molecule has 0 saturated carbocycles. The van der Waals surface area contributed by atoms with Crippen molar-refractivity contribution in [3.63, 3.8) is 0 Å². The summed E-state index contributed by atoms with van der Waals surface area (Å²) in [6.45, 7) is 2.60. The lowest BCUT2D eigenvalue weighted by Crippen LogP contribution is -2.53. The topological polar surface area (TPSA) is 29.1 Å². The summed E-state index contributed by atoms with van der Waals surface area (Å²) in [7, 11) is -1.78. The molecular formula is C19H25Cl2NOSi. The minimum Gasteiger partial charge on any atom is -0.356 e. The maximum Gasteiger partial charge on any atom is 0.224 e. The van der Waals surface area contributed by atoms with Crippen LogP contribution < -0.4 is 10.5 Å². The molecule has 1 N–H and O–H groups in total. The predicted molar refractivity (Wildman–Crippen MR) is 105 cm³/mol. The maximum atomic E-state index is 12.9. The first-order valence-electron chi connectivity index (χ1n) is 8.90. The summed E-state index contributed by atoms with van der Waals surface area (Å²) in [5.41, 5.74) is 0.291. The molecule has 0 spiro atoms. The molecule has 0 unspecified atom stereocenters. The summed E-state index contributed by atoms with van der Waals surface area (Å²) in [6, 6.07) is 13.4. The molecule has 1 aliphatic carbocycles. The Labute approximate surface area is 155 Å². The highest BCUT2D eigenvalue weighted by molar-refractivity contribution is 6.94. The van der Waals surface area contributed by atoms with Crippen LogP contribution in [0.2, 0.25) is 17.6 Å². The molecule has 2 nitrogen and oxygen atoms in total. The van der Waals surface area contributed by atoms with E-state index in [4.69, 9.17) is 23.2 Å². The first kappa shape index (κ1) is 18.0. The molecule has 130 valence electrons. The largest absolute Gasteiger partial charge is 0.356 e. The highest BCUT2D eigenvalue weighted by Crippen LogP contribution is 2.50. The van der Waals surface area contributed by atoms with Gasteiger partial charge in [-0.1, -0.05) is 72.6 Å². The molecule has 1 amide bonds. The number of hydrogen-bond donors (Lipinski definition) is 1. The van der Waals surface area contributed by atoms with E-state index in [2.05, 4.69) is 47.8 Å². The Bertz CT molecular complexity index is 599. The summed E-state index contributed by atoms with van der Waals surface area (Å²) < 4.78 is 0. The smallest absolute Gasteiger partial charge is 0.224 e. The molecule has 1 aromatic rings. The van der Waals surface area contributed by atoms with Gasteiger partial charge in [0.1, 0.15) is 4.84 Å². The monoisotopic (exact) mass is 381 g/mol. The highest BCUT2D eigenvalue weighted by Gasteiger charge is 2.53. The summed E-state index contributed by atoms with van der Waals surface area (Å²) in [6.07, 6.45) is 6.91. The number of rotatable bonds is 5. The van der Waals surface area contributed by atoms with Gasteiger partial charge in [-0.15, -0.1) is 23.2 Å². The van der Waals surface area contributed by atoms with Crippen LogP contribution in [0.1, 0.15) is 19.8 Å². The van der Waals surface area contributed by atoms with Crippen molar-refractivity contribution in [3.05, 3.63) is 42.5 Å². The van der Waals surface area contributed by atoms with Crippen molar-refractivity contribution in [2.45, 2.75) is 42.2 Å². The Morgan fingerprint density at radius 3 is 2.46 bits per heavy atom. The fourth-order valence-corrected chi connectivity index (χ4v) is 11.2. The van der Waals surface area contributed by atoms with E-state index >= 15 is 0 Å². The summed E-state index contributed by atoms with van der Waals surface area (Å²) >= 11 is 12.5. The molecular weight excluding hydrogens is 357 g/mol. The van der Waals surface area contributed by atoms with Gasteiger partial charge in [-0.05, 0) is 12.5 Å². The van der Waals surface area contributed by atoms with Crippen LogP contribution in [0.25, 0.3) is 0 Å². The van der Waals surface area contributed by atoms with Gasteiger partial charge in [-0.25, -0.2) is 0 Å². The fraction of sp³-hybridized carbons (Fsp3) is 0.526. The minimum absolute atomic E-state index is 0.0847. The third-order valence-corrected chi connectivity index (χ3v) is 12.2. The SMILES string of the molecule is CCNC(=O)[C@H]1[C@H]([Si]2(c3ccccc3)CCCC2)C=C[C@H]1C(Cl)Cl. The molecule has 24 heavy (non-hydrogen) atoms. The van der Waals surface area contributed by atoms with Gasteiger partial charge in [-0.3, -0.25) is 4.79 Å². The number of halogens is 2. The Kier molecular flexibility index (Phi) is 5.73. The van der Waals surface area contributed by atoms with Crippen LogP contribution in [0, 0.1) is 11.8 Å². The van der Waals surface area contributed by atoms with Crippen molar-refractivity contribution in [2.75, 3.05) is 6.54 Å². The van der Waals surface area contributed by atoms with Gasteiger partial charge in [0, 0.05) is 12.5 Å². The fourth-order valence-electron chi connectivity index (χ4n) is 4.72. The van der Waals surface area contributed by atoms with Crippen molar-refractivity contribution in [3.8, 4) is 0 Å². The zero-order chi connectivity index (χ0) is 17.2. The van der Waals surface area contributed by atoms with Crippen LogP contribution in [0.5, 0.6) is 0 Å². The predicted octanol–water partition coefficient (Wildman–Crippen LogP) is 4.25. The Balaban J connectivity index is 2.00. The van der Waals surface area contributed by atoms with Gasteiger partial charge < -0.3 is 5.32 Å². The quantitative estimate of drug-likeness (QED) is 0.461. The number of carbonyl (C=O) groups excluding carboxylic acids is 1. The molecule has 1 aromatic carbocycles. The van der Waals surface area contributed by atoms with E-state index in [0.717, 1.165) is 0 Å². The molecule has 1 fully saturated rings. The molecule has 0 radical (unpaired) electrons. The van der Waals surface area contributed by atoms with Crippen LogP contribution in [0.15, 0.2) is 42.5 Å². The van der Waals surface area contributed by atoms with E-state index < -0.39 is 12.9 Å². The molecule has 2 aliphatic rings. The lowest BCUT2D eigenvalue weighted by molar-refractivity contribution is -0.125. The number of benzene rings is 1. The van der Waals surface area contributed by atoms with E-state index in [1.165, 1.54) is 30.1 Å². The highest BCUT2D eigenvalue weighted by atomic mass is 35.5. The van der Waals surface area contributed by atoms with Crippen LogP contribution >= 0.6 is 23.2 Å². The van der Waals surface area contributed by atoms with Gasteiger partial charge in [0.15, 0.2) is 0 Å². The van der Waals surface area contributed by atoms with E-state index in [-0.39, 0.29) is 17.7 Å². The van der Waals surface area contributed by atoms with E-state index in [1.807, 2.05) is 6.92 Å². The number of carbonyl (C=O) groups is 1. The summed E-state index contributed by atoms with van der Waals surface area (Å²) in [4.78, 5) is 12.3. The second kappa shape index (κ2) is 7.63. The van der Waals surface area contributed by atoms with Gasteiger partial charge in [0.2, 0.25) is 5.91 Å². The molecule has 3 atom stereocenters. The third-order valence-electron chi connectivity index (χ3n) is 5.77. The maximum absolute atomic E-state index is 12.9. The Morgan fingerprint density at radius 2 is 1.88 bits per heavy atom. The summed E-state index contributed by atoms with van der Waals surface area (Å²) in [5, 5.41) is 4.50. The average Bonchev–Trinajstić information content (AvgIpc) is 3.23. The molecule has 5 heteroatoms. The van der Waals surface area contributed by atoms with Gasteiger partial charge in [-0.2, -0.15) is 0 Å². The van der Waals surface area contributed by atoms with E-state index in [0.29, 0.717) is 12.1 Å². The van der Waals surface area contributed by atoms with Crippen molar-refractivity contribution < 1.29 is 4.79 Å². The lowest BCUT2D eigenvalue weighted by Gasteiger charge is -2.38. The number of amides is 1. The minimum atomic E-state index is -1.78. The lowest BCUT2D eigenvalue weighted by atomic mass is 9.95. The first-order valence-corrected chi connectivity index (χ1v) is 12.3. The summed E-state index contributed by atoms with van der Waals surface area (Å²) in [5.74, 6) is -0.105. The molecule has 3 rings (SSSR count). The second-order valence-electron chi connectivity index (χ2n) is 6.97. The normalized spacial score (nSPS) is 28.4. The van der Waals surface area contributed by atoms with Crippen molar-refractivity contribution in [1.82, 2.24) is 5.32 Å². The van der Waals surface area contributed by atoms with Crippen LogP contribution in [-0.2, 0) is 4.79 Å². The zero-order valence-electron chi connectivity index (χ0n) is 14.1. The second-order valence-corrected chi connectivity index (χ2v) is 12.7. The molecule has 0 aromatic heterocycles. The average molecular weight is 382 g/mol. The van der Waals surface area contributed by atoms with Crippen molar-refractivity contribution in [2.24, 2.45) is 11.8 Å². The number of alkyl halides is 2. The first-order chi connectivity index (χ1) is 11.6. The Morgan fingerprint density at radius 1 is 1.21 bits per heavy atom. The van der Waals surface area contributed by atoms with E-state index in [1.54, 1.807) is 0 Å². The molecule has 0 bridgehead atoms. The molecule has 1 saturated heterocycles. The standard InChI is InChI=1S/C19H25Cl2NOSi/c1-2-22-19(23)17-15(18(20)21)10-11-16(17)24(12-6-7-13-24)14-8-4-3-5-9-14/h3-5,8-11,15-18H,2,6-7,12-13H2,1H3,(H,22,23)/t15-,16-,17-/m1/s1. The number of allylic oxidation sites excluding steroid dienone is 2. The van der Waals surface area contributed by atoms with Crippen LogP contribution in [0.4, 0.5) is 0 Å². The molecule has 1 aliphatic heterocycles. The van der Waals surface area contributed by atoms with E-state index in [9.17, 15) is 4.79 Å². The van der Waals surface area contributed by atoms with Crippen molar-refractivity contribution >= 4 is 42.4 Å². The van der Waals surface area contributed by atoms with Crippen LogP contribution in [0.3, 0.4) is 0 Å². The third kappa shape index (κ3) is 3.18. The van der Waals surface area contributed by atoms with Gasteiger partial charge in [0.25, 0.3) is 0 Å². The van der Waals surface area contributed by atoms with Gasteiger partial charge >= 0.3 is 0 Å². The zero-order valence-corrected chi connectivity index (χ0v) is 16.6.